The first-order valence-corrected chi connectivity index (χ1v) is 24.9. The maximum absolute atomic E-state index is 12.8. The van der Waals surface area contributed by atoms with Gasteiger partial charge in [0.15, 0.2) is 0 Å². The first kappa shape index (κ1) is 53.9. The molecule has 0 aromatic rings. The van der Waals surface area contributed by atoms with Crippen LogP contribution in [0.15, 0.2) is 12.3 Å². The van der Waals surface area contributed by atoms with E-state index in [0.29, 0.717) is 26.0 Å². The van der Waals surface area contributed by atoms with E-state index in [-0.39, 0.29) is 24.1 Å². The minimum Gasteiger partial charge on any atom is -0.466 e. The second kappa shape index (κ2) is 40.3. The molecule has 0 aliphatic carbocycles. The number of carbonyl (C=O) groups excluding carboxylic acids is 3. The zero-order valence-electron chi connectivity index (χ0n) is 38.3. The van der Waals surface area contributed by atoms with E-state index in [1.165, 1.54) is 109 Å². The molecule has 1 heterocycles. The Labute approximate surface area is 357 Å². The number of unbranched alkanes of at least 4 members (excludes halogenated alkanes) is 24. The lowest BCUT2D eigenvalue weighted by Crippen LogP contribution is -2.46. The average Bonchev–Trinajstić information content (AvgIpc) is 3.21. The van der Waals surface area contributed by atoms with Crippen molar-refractivity contribution in [2.24, 2.45) is 0 Å². The summed E-state index contributed by atoms with van der Waals surface area (Å²) in [6.45, 7) is 10.9. The van der Waals surface area contributed by atoms with Crippen LogP contribution in [0.1, 0.15) is 239 Å². The molecule has 1 atom stereocenters. The Morgan fingerprint density at radius 3 is 1.55 bits per heavy atom. The lowest BCUT2D eigenvalue weighted by molar-refractivity contribution is -0.150. The second-order valence-electron chi connectivity index (χ2n) is 17.2. The van der Waals surface area contributed by atoms with E-state index in [0.717, 1.165) is 116 Å². The molecule has 2 N–H and O–H groups in total. The van der Waals surface area contributed by atoms with E-state index < -0.39 is 6.23 Å². The number of aliphatic hydroxyl groups is 1. The van der Waals surface area contributed by atoms with Gasteiger partial charge in [-0.2, -0.15) is 0 Å². The number of nitrogens with one attached hydrogen (secondary N) is 1. The Hall–Kier alpha value is -2.13. The Balaban J connectivity index is 2.34. The van der Waals surface area contributed by atoms with Gasteiger partial charge in [0.1, 0.15) is 12.3 Å². The van der Waals surface area contributed by atoms with Gasteiger partial charge in [-0.15, -0.1) is 0 Å². The summed E-state index contributed by atoms with van der Waals surface area (Å²) in [4.78, 5) is 41.4. The van der Waals surface area contributed by atoms with Crippen molar-refractivity contribution in [3.63, 3.8) is 0 Å². The van der Waals surface area contributed by atoms with E-state index in [9.17, 15) is 19.5 Å². The number of carbonyl (C=O) groups is 3. The molecular weight excluding hydrogens is 727 g/mol. The van der Waals surface area contributed by atoms with Crippen LogP contribution >= 0.6 is 0 Å². The quantitative estimate of drug-likeness (QED) is 0.0466. The average molecular weight is 820 g/mol. The number of ether oxygens (including phenoxy) is 2. The zero-order chi connectivity index (χ0) is 42.2. The monoisotopic (exact) mass is 820 g/mol. The number of rotatable bonds is 43. The molecular formula is C49H93N3O6. The van der Waals surface area contributed by atoms with Gasteiger partial charge in [0.2, 0.25) is 0 Å². The van der Waals surface area contributed by atoms with Gasteiger partial charge in [-0.05, 0) is 89.9 Å². The number of hydrogen-bond acceptors (Lipinski definition) is 7. The molecule has 0 radical (unpaired) electrons. The van der Waals surface area contributed by atoms with Crippen LogP contribution in [-0.2, 0) is 19.1 Å². The number of urea groups is 1. The maximum atomic E-state index is 12.8. The molecule has 0 spiro atoms. The molecule has 1 aliphatic rings. The van der Waals surface area contributed by atoms with Crippen molar-refractivity contribution in [3.8, 4) is 0 Å². The molecule has 0 aromatic carbocycles. The molecule has 2 amide bonds. The van der Waals surface area contributed by atoms with E-state index in [1.807, 2.05) is 0 Å². The number of hydrogen-bond donors (Lipinski definition) is 2. The van der Waals surface area contributed by atoms with Crippen molar-refractivity contribution >= 4 is 18.0 Å². The van der Waals surface area contributed by atoms with Crippen LogP contribution in [-0.4, -0.2) is 78.0 Å². The smallest absolute Gasteiger partial charge is 0.323 e. The van der Waals surface area contributed by atoms with Crippen LogP contribution in [0.5, 0.6) is 0 Å². The highest BCUT2D eigenvalue weighted by molar-refractivity contribution is 5.76. The SMILES string of the molecule is CCCCCCCCCOC(=O)CCCCCCCN(CCCCCCCC(=O)OC(CCCCCCCC)CCCCCCCC)CCCN1C=CC(O)NC1=O. The summed E-state index contributed by atoms with van der Waals surface area (Å²) in [5, 5.41) is 12.2. The third-order valence-corrected chi connectivity index (χ3v) is 11.6. The molecule has 0 aromatic heterocycles. The standard InChI is InChI=1S/C49H93N3O6/c1-4-7-10-13-16-25-32-44-57-47(54)36-28-21-17-23-30-39-51(41-33-42-52-43-38-46(53)50-49(52)56)40-31-24-18-22-29-37-48(55)58-45(34-26-19-14-11-8-5-2)35-27-20-15-12-9-6-3/h38,43,45-46,53H,4-37,39-42,44H2,1-3H3,(H,50,56). The normalized spacial score (nSPS) is 14.1. The second-order valence-corrected chi connectivity index (χ2v) is 17.2. The molecule has 0 bridgehead atoms. The molecule has 0 saturated carbocycles. The first-order valence-electron chi connectivity index (χ1n) is 24.9. The fraction of sp³-hybridized carbons (Fsp3) is 0.898. The van der Waals surface area contributed by atoms with Crippen molar-refractivity contribution in [2.75, 3.05) is 32.8 Å². The predicted octanol–water partition coefficient (Wildman–Crippen LogP) is 12.9. The highest BCUT2D eigenvalue weighted by atomic mass is 16.5. The van der Waals surface area contributed by atoms with Gasteiger partial charge in [-0.3, -0.25) is 9.59 Å². The van der Waals surface area contributed by atoms with Crippen LogP contribution in [0, 0.1) is 0 Å². The number of esters is 2. The summed E-state index contributed by atoms with van der Waals surface area (Å²) < 4.78 is 11.5. The lowest BCUT2D eigenvalue weighted by atomic mass is 10.0. The fourth-order valence-electron chi connectivity index (χ4n) is 7.89. The van der Waals surface area contributed by atoms with Crippen molar-refractivity contribution < 1.29 is 29.0 Å². The van der Waals surface area contributed by atoms with Crippen LogP contribution in [0.25, 0.3) is 0 Å². The van der Waals surface area contributed by atoms with E-state index in [4.69, 9.17) is 9.47 Å². The van der Waals surface area contributed by atoms with Crippen molar-refractivity contribution in [2.45, 2.75) is 251 Å². The van der Waals surface area contributed by atoms with Gasteiger partial charge in [-0.25, -0.2) is 4.79 Å². The van der Waals surface area contributed by atoms with Gasteiger partial charge >= 0.3 is 18.0 Å². The third-order valence-electron chi connectivity index (χ3n) is 11.6. The van der Waals surface area contributed by atoms with Gasteiger partial charge in [0.25, 0.3) is 0 Å². The van der Waals surface area contributed by atoms with Gasteiger partial charge < -0.3 is 29.7 Å². The van der Waals surface area contributed by atoms with Crippen molar-refractivity contribution in [1.82, 2.24) is 15.1 Å². The van der Waals surface area contributed by atoms with Crippen molar-refractivity contribution in [1.29, 1.82) is 0 Å². The molecule has 1 unspecified atom stereocenters. The summed E-state index contributed by atoms with van der Waals surface area (Å²) in [6.07, 6.45) is 41.0. The molecule has 340 valence electrons. The lowest BCUT2D eigenvalue weighted by Gasteiger charge is -2.27. The van der Waals surface area contributed by atoms with Gasteiger partial charge in [0, 0.05) is 25.6 Å². The predicted molar refractivity (Wildman–Crippen MR) is 242 cm³/mol. The Morgan fingerprint density at radius 1 is 0.603 bits per heavy atom. The number of aliphatic hydroxyl groups excluding tert-OH is 1. The zero-order valence-corrected chi connectivity index (χ0v) is 38.3. The third kappa shape index (κ3) is 33.7. The molecule has 9 nitrogen and oxygen atoms in total. The van der Waals surface area contributed by atoms with Crippen LogP contribution < -0.4 is 5.32 Å². The van der Waals surface area contributed by atoms with Gasteiger partial charge in [0.05, 0.1) is 6.61 Å². The largest absolute Gasteiger partial charge is 0.466 e. The van der Waals surface area contributed by atoms with E-state index in [1.54, 1.807) is 17.2 Å². The summed E-state index contributed by atoms with van der Waals surface area (Å²) in [7, 11) is 0. The molecule has 1 rings (SSSR count). The fourth-order valence-corrected chi connectivity index (χ4v) is 7.89. The highest BCUT2D eigenvalue weighted by Crippen LogP contribution is 2.19. The molecule has 58 heavy (non-hydrogen) atoms. The molecule has 9 heteroatoms. The molecule has 1 aliphatic heterocycles. The van der Waals surface area contributed by atoms with Crippen LogP contribution in [0.4, 0.5) is 4.79 Å². The van der Waals surface area contributed by atoms with E-state index in [2.05, 4.69) is 31.0 Å². The van der Waals surface area contributed by atoms with Gasteiger partial charge in [-0.1, -0.05) is 162 Å². The summed E-state index contributed by atoms with van der Waals surface area (Å²) >= 11 is 0. The van der Waals surface area contributed by atoms with Crippen LogP contribution in [0.3, 0.4) is 0 Å². The van der Waals surface area contributed by atoms with Crippen LogP contribution in [0.2, 0.25) is 0 Å². The summed E-state index contributed by atoms with van der Waals surface area (Å²) in [6, 6.07) is -0.252. The summed E-state index contributed by atoms with van der Waals surface area (Å²) in [5.41, 5.74) is 0. The minimum absolute atomic E-state index is 0.00128. The number of amides is 2. The van der Waals surface area contributed by atoms with Crippen molar-refractivity contribution in [3.05, 3.63) is 12.3 Å². The topological polar surface area (TPSA) is 108 Å². The number of nitrogens with zero attached hydrogens (tertiary/aromatic N) is 2. The molecule has 0 saturated heterocycles. The summed E-state index contributed by atoms with van der Waals surface area (Å²) in [5.74, 6) is -0.0475. The maximum Gasteiger partial charge on any atom is 0.323 e. The minimum atomic E-state index is -0.909. The molecule has 0 fully saturated rings. The van der Waals surface area contributed by atoms with E-state index >= 15 is 0 Å². The highest BCUT2D eigenvalue weighted by Gasteiger charge is 2.18. The Morgan fingerprint density at radius 2 is 1.03 bits per heavy atom. The first-order chi connectivity index (χ1) is 28.4. The Bertz CT molecular complexity index is 977. The Kier molecular flexibility index (Phi) is 37.4.